The zero-order valence-electron chi connectivity index (χ0n) is 10.8. The highest BCUT2D eigenvalue weighted by Gasteiger charge is 2.23. The number of rotatable bonds is 2. The number of carbonyl (C=O) groups is 1. The summed E-state index contributed by atoms with van der Waals surface area (Å²) in [5, 5.41) is 0.418. The Morgan fingerprint density at radius 3 is 2.89 bits per heavy atom. The minimum atomic E-state index is -0.0413. The predicted octanol–water partition coefficient (Wildman–Crippen LogP) is 2.97. The highest BCUT2D eigenvalue weighted by molar-refractivity contribution is 9.10. The third-order valence-electron chi connectivity index (χ3n) is 2.98. The number of halogens is 2. The van der Waals surface area contributed by atoms with Gasteiger partial charge in [0.15, 0.2) is 5.75 Å². The van der Waals surface area contributed by atoms with Crippen molar-refractivity contribution in [2.75, 3.05) is 26.8 Å². The van der Waals surface area contributed by atoms with E-state index in [1.165, 1.54) is 7.11 Å². The first-order valence-corrected chi connectivity index (χ1v) is 7.14. The zero-order chi connectivity index (χ0) is 14.0. The van der Waals surface area contributed by atoms with Crippen LogP contribution < -0.4 is 4.74 Å². The van der Waals surface area contributed by atoms with Crippen LogP contribution in [-0.4, -0.2) is 43.7 Å². The van der Waals surface area contributed by atoms with Gasteiger partial charge in [0, 0.05) is 18.7 Å². The molecule has 0 N–H and O–H groups in total. The Labute approximate surface area is 125 Å². The molecule has 2 rings (SSSR count). The van der Waals surface area contributed by atoms with Crippen LogP contribution in [0.25, 0.3) is 0 Å². The monoisotopic (exact) mass is 347 g/mol. The van der Waals surface area contributed by atoms with Gasteiger partial charge in [-0.15, -0.1) is 0 Å². The Morgan fingerprint density at radius 2 is 2.32 bits per heavy atom. The van der Waals surface area contributed by atoms with Crippen LogP contribution in [-0.2, 0) is 4.74 Å². The molecule has 0 bridgehead atoms. The Morgan fingerprint density at radius 1 is 1.58 bits per heavy atom. The van der Waals surface area contributed by atoms with Crippen LogP contribution in [0.2, 0.25) is 5.02 Å². The van der Waals surface area contributed by atoms with E-state index in [2.05, 4.69) is 15.9 Å². The maximum absolute atomic E-state index is 12.4. The Kier molecular flexibility index (Phi) is 4.71. The van der Waals surface area contributed by atoms with Crippen molar-refractivity contribution in [3.05, 3.63) is 27.2 Å². The van der Waals surface area contributed by atoms with E-state index in [-0.39, 0.29) is 12.0 Å². The van der Waals surface area contributed by atoms with Crippen molar-refractivity contribution in [1.29, 1.82) is 0 Å². The summed E-state index contributed by atoms with van der Waals surface area (Å²) in [5.74, 6) is 0.494. The summed E-state index contributed by atoms with van der Waals surface area (Å²) >= 11 is 9.45. The average molecular weight is 349 g/mol. The van der Waals surface area contributed by atoms with Crippen molar-refractivity contribution < 1.29 is 14.3 Å². The first-order chi connectivity index (χ1) is 9.02. The molecule has 0 aliphatic carbocycles. The average Bonchev–Trinajstić information content (AvgIpc) is 2.37. The molecule has 1 atom stereocenters. The van der Waals surface area contributed by atoms with Crippen molar-refractivity contribution in [3.8, 4) is 5.75 Å². The van der Waals surface area contributed by atoms with Gasteiger partial charge in [-0.25, -0.2) is 0 Å². The van der Waals surface area contributed by atoms with Gasteiger partial charge in [-0.3, -0.25) is 4.79 Å². The van der Waals surface area contributed by atoms with E-state index in [1.807, 2.05) is 6.92 Å². The molecule has 19 heavy (non-hydrogen) atoms. The van der Waals surface area contributed by atoms with Gasteiger partial charge in [0.1, 0.15) is 0 Å². The highest BCUT2D eigenvalue weighted by atomic mass is 79.9. The SMILES string of the molecule is COc1c(Cl)cc(C(=O)N2CCOC(C)C2)cc1Br. The van der Waals surface area contributed by atoms with E-state index < -0.39 is 0 Å². The molecular weight excluding hydrogens is 334 g/mol. The largest absolute Gasteiger partial charge is 0.494 e. The van der Waals surface area contributed by atoms with E-state index in [4.69, 9.17) is 21.1 Å². The lowest BCUT2D eigenvalue weighted by molar-refractivity contribution is -0.0124. The molecule has 4 nitrogen and oxygen atoms in total. The van der Waals surface area contributed by atoms with Gasteiger partial charge in [0.2, 0.25) is 0 Å². The zero-order valence-corrected chi connectivity index (χ0v) is 13.1. The van der Waals surface area contributed by atoms with Crippen LogP contribution in [0.4, 0.5) is 0 Å². The molecule has 0 spiro atoms. The van der Waals surface area contributed by atoms with E-state index in [1.54, 1.807) is 17.0 Å². The summed E-state index contributed by atoms with van der Waals surface area (Å²) in [7, 11) is 1.54. The number of hydrogen-bond acceptors (Lipinski definition) is 3. The number of ether oxygens (including phenoxy) is 2. The predicted molar refractivity (Wildman–Crippen MR) is 77.0 cm³/mol. The molecular formula is C13H15BrClNO3. The van der Waals surface area contributed by atoms with Gasteiger partial charge in [-0.2, -0.15) is 0 Å². The lowest BCUT2D eigenvalue weighted by Crippen LogP contribution is -2.44. The third-order valence-corrected chi connectivity index (χ3v) is 3.85. The molecule has 1 fully saturated rings. The number of benzene rings is 1. The van der Waals surface area contributed by atoms with Crippen LogP contribution in [0.1, 0.15) is 17.3 Å². The second-order valence-corrected chi connectivity index (χ2v) is 5.67. The molecule has 104 valence electrons. The summed E-state index contributed by atoms with van der Waals surface area (Å²) in [6, 6.07) is 3.36. The van der Waals surface area contributed by atoms with Gasteiger partial charge in [0.05, 0.1) is 29.3 Å². The quantitative estimate of drug-likeness (QED) is 0.825. The topological polar surface area (TPSA) is 38.8 Å². The van der Waals surface area contributed by atoms with Crippen molar-refractivity contribution in [2.24, 2.45) is 0 Å². The molecule has 0 radical (unpaired) electrons. The summed E-state index contributed by atoms with van der Waals surface area (Å²) in [4.78, 5) is 14.2. The summed E-state index contributed by atoms with van der Waals surface area (Å²) < 4.78 is 11.3. The summed E-state index contributed by atoms with van der Waals surface area (Å²) in [6.07, 6.45) is 0.0647. The highest BCUT2D eigenvalue weighted by Crippen LogP contribution is 2.34. The lowest BCUT2D eigenvalue weighted by Gasteiger charge is -2.31. The van der Waals surface area contributed by atoms with Crippen molar-refractivity contribution in [1.82, 2.24) is 4.90 Å². The fourth-order valence-corrected chi connectivity index (χ4v) is 3.10. The molecule has 0 aromatic heterocycles. The summed E-state index contributed by atoms with van der Waals surface area (Å²) in [5.41, 5.74) is 0.548. The van der Waals surface area contributed by atoms with Crippen LogP contribution in [0.15, 0.2) is 16.6 Å². The fourth-order valence-electron chi connectivity index (χ4n) is 2.06. The molecule has 1 saturated heterocycles. The van der Waals surface area contributed by atoms with Crippen LogP contribution >= 0.6 is 27.5 Å². The van der Waals surface area contributed by atoms with Gasteiger partial charge in [-0.1, -0.05) is 11.6 Å². The number of morpholine rings is 1. The van der Waals surface area contributed by atoms with E-state index >= 15 is 0 Å². The number of nitrogens with zero attached hydrogens (tertiary/aromatic N) is 1. The number of carbonyl (C=O) groups excluding carboxylic acids is 1. The van der Waals surface area contributed by atoms with Gasteiger partial charge >= 0.3 is 0 Å². The van der Waals surface area contributed by atoms with Crippen molar-refractivity contribution in [2.45, 2.75) is 13.0 Å². The summed E-state index contributed by atoms with van der Waals surface area (Å²) in [6.45, 7) is 3.72. The molecule has 1 unspecified atom stereocenters. The Bertz CT molecular complexity index is 472. The van der Waals surface area contributed by atoms with Gasteiger partial charge < -0.3 is 14.4 Å². The third kappa shape index (κ3) is 3.22. The molecule has 6 heteroatoms. The molecule has 1 aliphatic heterocycles. The number of methoxy groups -OCH3 is 1. The minimum Gasteiger partial charge on any atom is -0.494 e. The number of hydrogen-bond donors (Lipinski definition) is 0. The maximum Gasteiger partial charge on any atom is 0.254 e. The van der Waals surface area contributed by atoms with Crippen molar-refractivity contribution >= 4 is 33.4 Å². The van der Waals surface area contributed by atoms with E-state index in [0.717, 1.165) is 0 Å². The molecule has 1 amide bonds. The Hall–Kier alpha value is -0.780. The first kappa shape index (κ1) is 14.6. The van der Waals surface area contributed by atoms with Crippen LogP contribution in [0, 0.1) is 0 Å². The van der Waals surface area contributed by atoms with Crippen LogP contribution in [0.5, 0.6) is 5.75 Å². The lowest BCUT2D eigenvalue weighted by atomic mass is 10.1. The van der Waals surface area contributed by atoms with Gasteiger partial charge in [0.25, 0.3) is 5.91 Å². The molecule has 1 aliphatic rings. The standard InChI is InChI=1S/C13H15BrClNO3/c1-8-7-16(3-4-19-8)13(17)9-5-10(14)12(18-2)11(15)6-9/h5-6,8H,3-4,7H2,1-2H3. The van der Waals surface area contributed by atoms with Crippen molar-refractivity contribution in [3.63, 3.8) is 0 Å². The number of amides is 1. The fraction of sp³-hybridized carbons (Fsp3) is 0.462. The van der Waals surface area contributed by atoms with E-state index in [0.29, 0.717) is 40.5 Å². The second kappa shape index (κ2) is 6.11. The molecule has 1 aromatic rings. The molecule has 1 heterocycles. The molecule has 0 saturated carbocycles. The molecule has 1 aromatic carbocycles. The second-order valence-electron chi connectivity index (χ2n) is 4.41. The van der Waals surface area contributed by atoms with E-state index in [9.17, 15) is 4.79 Å². The smallest absolute Gasteiger partial charge is 0.254 e. The normalized spacial score (nSPS) is 19.4. The first-order valence-electron chi connectivity index (χ1n) is 5.97. The minimum absolute atomic E-state index is 0.0413. The Balaban J connectivity index is 2.24. The van der Waals surface area contributed by atoms with Gasteiger partial charge in [-0.05, 0) is 35.0 Å². The maximum atomic E-state index is 12.4. The van der Waals surface area contributed by atoms with Crippen LogP contribution in [0.3, 0.4) is 0 Å².